The Morgan fingerprint density at radius 3 is 3.07 bits per heavy atom. The van der Waals surface area contributed by atoms with Gasteiger partial charge in [-0.15, -0.1) is 0 Å². The highest BCUT2D eigenvalue weighted by atomic mass is 16.5. The van der Waals surface area contributed by atoms with Crippen LogP contribution in [0.4, 0.5) is 5.82 Å². The Labute approximate surface area is 90.0 Å². The zero-order valence-corrected chi connectivity index (χ0v) is 8.97. The van der Waals surface area contributed by atoms with Crippen molar-refractivity contribution in [2.24, 2.45) is 5.73 Å². The van der Waals surface area contributed by atoms with Crippen LogP contribution < -0.4 is 10.6 Å². The lowest BCUT2D eigenvalue weighted by molar-refractivity contribution is -0.0107. The number of morpholine rings is 1. The molecule has 15 heavy (non-hydrogen) atoms. The van der Waals surface area contributed by atoms with Crippen LogP contribution in [0.25, 0.3) is 0 Å². The SMILES string of the molecule is CC1CN(c2ccccn2)CC(CN)O1. The lowest BCUT2D eigenvalue weighted by atomic mass is 10.2. The summed E-state index contributed by atoms with van der Waals surface area (Å²) >= 11 is 0. The molecule has 2 unspecified atom stereocenters. The van der Waals surface area contributed by atoms with E-state index >= 15 is 0 Å². The van der Waals surface area contributed by atoms with E-state index in [1.807, 2.05) is 24.4 Å². The lowest BCUT2D eigenvalue weighted by Crippen LogP contribution is -2.49. The molecular formula is C11H17N3O. The van der Waals surface area contributed by atoms with Gasteiger partial charge in [0.1, 0.15) is 5.82 Å². The van der Waals surface area contributed by atoms with Gasteiger partial charge in [-0.25, -0.2) is 4.98 Å². The summed E-state index contributed by atoms with van der Waals surface area (Å²) in [4.78, 5) is 6.56. The van der Waals surface area contributed by atoms with Gasteiger partial charge in [0, 0.05) is 25.8 Å². The van der Waals surface area contributed by atoms with E-state index in [0.717, 1.165) is 18.9 Å². The predicted molar refractivity (Wildman–Crippen MR) is 59.8 cm³/mol. The van der Waals surface area contributed by atoms with Gasteiger partial charge < -0.3 is 15.4 Å². The highest BCUT2D eigenvalue weighted by Gasteiger charge is 2.24. The second-order valence-electron chi connectivity index (χ2n) is 3.90. The summed E-state index contributed by atoms with van der Waals surface area (Å²) in [5, 5.41) is 0. The van der Waals surface area contributed by atoms with E-state index in [-0.39, 0.29) is 12.2 Å². The molecule has 2 heterocycles. The molecule has 1 saturated heterocycles. The summed E-state index contributed by atoms with van der Waals surface area (Å²) in [7, 11) is 0. The zero-order chi connectivity index (χ0) is 10.7. The summed E-state index contributed by atoms with van der Waals surface area (Å²) in [5.74, 6) is 1.01. The fourth-order valence-electron chi connectivity index (χ4n) is 1.90. The van der Waals surface area contributed by atoms with Crippen LogP contribution in [0.5, 0.6) is 0 Å². The van der Waals surface area contributed by atoms with Crippen molar-refractivity contribution in [3.63, 3.8) is 0 Å². The van der Waals surface area contributed by atoms with Crippen LogP contribution in [0.1, 0.15) is 6.92 Å². The number of hydrogen-bond donors (Lipinski definition) is 1. The van der Waals surface area contributed by atoms with Crippen molar-refractivity contribution in [3.05, 3.63) is 24.4 Å². The van der Waals surface area contributed by atoms with Gasteiger partial charge in [0.2, 0.25) is 0 Å². The Bertz CT molecular complexity index is 304. The molecule has 0 aliphatic carbocycles. The molecule has 1 aromatic heterocycles. The number of nitrogens with zero attached hydrogens (tertiary/aromatic N) is 2. The van der Waals surface area contributed by atoms with Crippen molar-refractivity contribution < 1.29 is 4.74 Å². The van der Waals surface area contributed by atoms with E-state index in [2.05, 4.69) is 16.8 Å². The van der Waals surface area contributed by atoms with Gasteiger partial charge in [-0.05, 0) is 19.1 Å². The van der Waals surface area contributed by atoms with E-state index in [9.17, 15) is 0 Å². The topological polar surface area (TPSA) is 51.4 Å². The van der Waals surface area contributed by atoms with Crippen LogP contribution in [0, 0.1) is 0 Å². The Hall–Kier alpha value is -1.13. The number of hydrogen-bond acceptors (Lipinski definition) is 4. The molecule has 0 spiro atoms. The molecule has 1 aromatic rings. The van der Waals surface area contributed by atoms with Crippen LogP contribution >= 0.6 is 0 Å². The summed E-state index contributed by atoms with van der Waals surface area (Å²) in [6, 6.07) is 5.94. The molecule has 82 valence electrons. The van der Waals surface area contributed by atoms with Gasteiger partial charge in [0.25, 0.3) is 0 Å². The van der Waals surface area contributed by atoms with E-state index in [4.69, 9.17) is 10.5 Å². The molecule has 0 amide bonds. The fraction of sp³-hybridized carbons (Fsp3) is 0.545. The quantitative estimate of drug-likeness (QED) is 0.773. The third kappa shape index (κ3) is 2.46. The molecule has 1 fully saturated rings. The highest BCUT2D eigenvalue weighted by Crippen LogP contribution is 2.16. The molecule has 2 N–H and O–H groups in total. The second-order valence-corrected chi connectivity index (χ2v) is 3.90. The molecule has 1 aliphatic heterocycles. The van der Waals surface area contributed by atoms with E-state index in [1.165, 1.54) is 0 Å². The third-order valence-electron chi connectivity index (χ3n) is 2.56. The van der Waals surface area contributed by atoms with Crippen molar-refractivity contribution in [2.75, 3.05) is 24.5 Å². The minimum absolute atomic E-state index is 0.121. The number of anilines is 1. The van der Waals surface area contributed by atoms with Gasteiger partial charge in [0.05, 0.1) is 12.2 Å². The van der Waals surface area contributed by atoms with Gasteiger partial charge in [-0.2, -0.15) is 0 Å². The van der Waals surface area contributed by atoms with Gasteiger partial charge in [0.15, 0.2) is 0 Å². The van der Waals surface area contributed by atoms with Crippen molar-refractivity contribution in [1.82, 2.24) is 4.98 Å². The van der Waals surface area contributed by atoms with Crippen molar-refractivity contribution in [2.45, 2.75) is 19.1 Å². The summed E-state index contributed by atoms with van der Waals surface area (Å²) in [6.07, 6.45) is 2.15. The molecule has 2 atom stereocenters. The van der Waals surface area contributed by atoms with Crippen molar-refractivity contribution >= 4 is 5.82 Å². The first-order valence-corrected chi connectivity index (χ1v) is 5.31. The molecule has 0 bridgehead atoms. The average molecular weight is 207 g/mol. The Morgan fingerprint density at radius 2 is 2.40 bits per heavy atom. The summed E-state index contributed by atoms with van der Waals surface area (Å²) < 4.78 is 5.69. The lowest BCUT2D eigenvalue weighted by Gasteiger charge is -2.37. The van der Waals surface area contributed by atoms with Crippen LogP contribution in [-0.4, -0.2) is 36.8 Å². The number of ether oxygens (including phenoxy) is 1. The molecule has 4 nitrogen and oxygen atoms in total. The van der Waals surface area contributed by atoms with E-state index < -0.39 is 0 Å². The molecule has 4 heteroatoms. The monoisotopic (exact) mass is 207 g/mol. The van der Waals surface area contributed by atoms with Crippen LogP contribution in [-0.2, 0) is 4.74 Å². The maximum Gasteiger partial charge on any atom is 0.128 e. The highest BCUT2D eigenvalue weighted by molar-refractivity contribution is 5.38. The largest absolute Gasteiger partial charge is 0.370 e. The van der Waals surface area contributed by atoms with E-state index in [1.54, 1.807) is 0 Å². The molecular weight excluding hydrogens is 190 g/mol. The maximum atomic E-state index is 5.69. The number of aromatic nitrogens is 1. The summed E-state index contributed by atoms with van der Waals surface area (Å²) in [5.41, 5.74) is 5.63. The number of rotatable bonds is 2. The van der Waals surface area contributed by atoms with Crippen LogP contribution in [0.2, 0.25) is 0 Å². The molecule has 0 aromatic carbocycles. The Balaban J connectivity index is 2.09. The molecule has 2 rings (SSSR count). The Kier molecular flexibility index (Phi) is 3.18. The first kappa shape index (κ1) is 10.4. The first-order chi connectivity index (χ1) is 7.29. The van der Waals surface area contributed by atoms with Crippen LogP contribution in [0.3, 0.4) is 0 Å². The first-order valence-electron chi connectivity index (χ1n) is 5.31. The third-order valence-corrected chi connectivity index (χ3v) is 2.56. The Morgan fingerprint density at radius 1 is 1.53 bits per heavy atom. The van der Waals surface area contributed by atoms with Gasteiger partial charge in [-0.3, -0.25) is 0 Å². The fourth-order valence-corrected chi connectivity index (χ4v) is 1.90. The number of nitrogens with two attached hydrogens (primary N) is 1. The van der Waals surface area contributed by atoms with Gasteiger partial charge in [-0.1, -0.05) is 6.07 Å². The molecule has 0 saturated carbocycles. The van der Waals surface area contributed by atoms with Crippen LogP contribution in [0.15, 0.2) is 24.4 Å². The van der Waals surface area contributed by atoms with Gasteiger partial charge >= 0.3 is 0 Å². The summed E-state index contributed by atoms with van der Waals surface area (Å²) in [6.45, 7) is 4.34. The minimum atomic E-state index is 0.121. The molecule has 0 radical (unpaired) electrons. The minimum Gasteiger partial charge on any atom is -0.370 e. The van der Waals surface area contributed by atoms with E-state index in [0.29, 0.717) is 6.54 Å². The maximum absolute atomic E-state index is 5.69. The zero-order valence-electron chi connectivity index (χ0n) is 8.97. The number of pyridine rings is 1. The average Bonchev–Trinajstić information content (AvgIpc) is 2.29. The normalized spacial score (nSPS) is 26.7. The van der Waals surface area contributed by atoms with Crippen molar-refractivity contribution in [3.8, 4) is 0 Å². The van der Waals surface area contributed by atoms with Crippen molar-refractivity contribution in [1.29, 1.82) is 0 Å². The second kappa shape index (κ2) is 4.59. The smallest absolute Gasteiger partial charge is 0.128 e. The predicted octanol–water partition coefficient (Wildman–Crippen LogP) is 0.634. The standard InChI is InChI=1S/C11H17N3O/c1-9-7-14(8-10(6-12)15-9)11-4-2-3-5-13-11/h2-5,9-10H,6-8,12H2,1H3. The molecule has 1 aliphatic rings.